The fourth-order valence-corrected chi connectivity index (χ4v) is 1.07. The first-order valence-corrected chi connectivity index (χ1v) is 5.39. The van der Waals surface area contributed by atoms with Crippen molar-refractivity contribution in [1.29, 1.82) is 0 Å². The Morgan fingerprint density at radius 2 is 2.07 bits per heavy atom. The van der Waals surface area contributed by atoms with Gasteiger partial charge in [0.05, 0.1) is 12.7 Å². The van der Waals surface area contributed by atoms with E-state index in [1.165, 1.54) is 7.11 Å². The Labute approximate surface area is 91.2 Å². The third-order valence-corrected chi connectivity index (χ3v) is 1.94. The lowest BCUT2D eigenvalue weighted by atomic mass is 10.3. The number of amides is 2. The Kier molecular flexibility index (Phi) is 9.21. The van der Waals surface area contributed by atoms with Gasteiger partial charge in [-0.3, -0.25) is 0 Å². The first-order valence-electron chi connectivity index (χ1n) is 5.39. The van der Waals surface area contributed by atoms with E-state index < -0.39 is 6.10 Å². The zero-order valence-electron chi connectivity index (χ0n) is 9.58. The molecule has 2 amide bonds. The molecule has 0 aromatic heterocycles. The minimum atomic E-state index is -0.508. The first-order chi connectivity index (χ1) is 7.20. The second-order valence-electron chi connectivity index (χ2n) is 3.43. The molecule has 5 heteroatoms. The average molecular weight is 218 g/mol. The summed E-state index contributed by atoms with van der Waals surface area (Å²) in [5, 5.41) is 14.7. The molecule has 0 spiro atoms. The van der Waals surface area contributed by atoms with Gasteiger partial charge in [0.25, 0.3) is 0 Å². The van der Waals surface area contributed by atoms with Crippen LogP contribution in [0.15, 0.2) is 0 Å². The monoisotopic (exact) mass is 218 g/mol. The number of carbonyl (C=O) groups is 1. The number of hydrogen-bond acceptors (Lipinski definition) is 3. The van der Waals surface area contributed by atoms with Gasteiger partial charge >= 0.3 is 6.03 Å². The lowest BCUT2D eigenvalue weighted by molar-refractivity contribution is 0.0599. The van der Waals surface area contributed by atoms with E-state index in [0.29, 0.717) is 26.1 Å². The van der Waals surface area contributed by atoms with E-state index >= 15 is 0 Å². The molecule has 15 heavy (non-hydrogen) atoms. The van der Waals surface area contributed by atoms with Gasteiger partial charge in [-0.15, -0.1) is 0 Å². The van der Waals surface area contributed by atoms with E-state index in [0.717, 1.165) is 12.8 Å². The highest BCUT2D eigenvalue weighted by molar-refractivity contribution is 5.73. The van der Waals surface area contributed by atoms with Gasteiger partial charge in [0, 0.05) is 20.2 Å². The second kappa shape index (κ2) is 9.73. The van der Waals surface area contributed by atoms with Gasteiger partial charge in [-0.2, -0.15) is 0 Å². The van der Waals surface area contributed by atoms with Crippen LogP contribution in [0.25, 0.3) is 0 Å². The Bertz CT molecular complexity index is 165. The smallest absolute Gasteiger partial charge is 0.314 e. The van der Waals surface area contributed by atoms with Crippen LogP contribution in [0.1, 0.15) is 26.2 Å². The lowest BCUT2D eigenvalue weighted by Gasteiger charge is -2.10. The Morgan fingerprint density at radius 3 is 2.67 bits per heavy atom. The number of aliphatic hydroxyl groups is 1. The van der Waals surface area contributed by atoms with E-state index in [1.54, 1.807) is 0 Å². The van der Waals surface area contributed by atoms with E-state index in [1.807, 2.05) is 0 Å². The maximum Gasteiger partial charge on any atom is 0.314 e. The summed E-state index contributed by atoms with van der Waals surface area (Å²) in [5.41, 5.74) is 0. The lowest BCUT2D eigenvalue weighted by Crippen LogP contribution is -2.37. The van der Waals surface area contributed by atoms with Crippen molar-refractivity contribution >= 4 is 6.03 Å². The Hall–Kier alpha value is -0.810. The predicted molar refractivity (Wildman–Crippen MR) is 58.8 cm³/mol. The summed E-state index contributed by atoms with van der Waals surface area (Å²) in [6, 6.07) is -0.173. The van der Waals surface area contributed by atoms with Crippen LogP contribution in [-0.4, -0.2) is 44.0 Å². The topological polar surface area (TPSA) is 70.6 Å². The van der Waals surface area contributed by atoms with Crippen LogP contribution in [0.2, 0.25) is 0 Å². The predicted octanol–water partition coefficient (Wildman–Crippen LogP) is 0.483. The maximum absolute atomic E-state index is 11.1. The molecule has 3 N–H and O–H groups in total. The summed E-state index contributed by atoms with van der Waals surface area (Å²) in [5.74, 6) is 0. The molecule has 0 aliphatic rings. The molecule has 0 aliphatic carbocycles. The number of hydrogen-bond donors (Lipinski definition) is 3. The minimum absolute atomic E-state index is 0.173. The SMILES string of the molecule is CCCCNC(=O)NCCC(O)COC. The number of aliphatic hydroxyl groups excluding tert-OH is 1. The minimum Gasteiger partial charge on any atom is -0.391 e. The van der Waals surface area contributed by atoms with E-state index in [2.05, 4.69) is 17.6 Å². The number of carbonyl (C=O) groups excluding carboxylic acids is 1. The third kappa shape index (κ3) is 9.49. The summed E-state index contributed by atoms with van der Waals surface area (Å²) in [4.78, 5) is 11.1. The molecule has 0 heterocycles. The largest absolute Gasteiger partial charge is 0.391 e. The zero-order valence-corrected chi connectivity index (χ0v) is 9.58. The molecule has 0 rings (SSSR count). The van der Waals surface area contributed by atoms with Gasteiger partial charge in [0.1, 0.15) is 0 Å². The zero-order chi connectivity index (χ0) is 11.5. The normalized spacial score (nSPS) is 12.2. The third-order valence-electron chi connectivity index (χ3n) is 1.94. The van der Waals surface area contributed by atoms with Crippen molar-refractivity contribution in [1.82, 2.24) is 10.6 Å². The van der Waals surface area contributed by atoms with Crippen LogP contribution in [0, 0.1) is 0 Å². The van der Waals surface area contributed by atoms with Gasteiger partial charge in [-0.05, 0) is 12.8 Å². The summed E-state index contributed by atoms with van der Waals surface area (Å²) >= 11 is 0. The highest BCUT2D eigenvalue weighted by Crippen LogP contribution is 1.89. The quantitative estimate of drug-likeness (QED) is 0.519. The van der Waals surface area contributed by atoms with Crippen molar-refractivity contribution < 1.29 is 14.6 Å². The Balaban J connectivity index is 3.30. The van der Waals surface area contributed by atoms with Crippen LogP contribution < -0.4 is 10.6 Å². The highest BCUT2D eigenvalue weighted by Gasteiger charge is 2.04. The molecule has 5 nitrogen and oxygen atoms in total. The fourth-order valence-electron chi connectivity index (χ4n) is 1.07. The number of unbranched alkanes of at least 4 members (excludes halogenated alkanes) is 1. The molecule has 0 saturated heterocycles. The number of methoxy groups -OCH3 is 1. The molecular formula is C10H22N2O3. The van der Waals surface area contributed by atoms with Gasteiger partial charge in [-0.25, -0.2) is 4.79 Å². The molecule has 0 fully saturated rings. The highest BCUT2D eigenvalue weighted by atomic mass is 16.5. The standard InChI is InChI=1S/C10H22N2O3/c1-3-4-6-11-10(14)12-7-5-9(13)8-15-2/h9,13H,3-8H2,1-2H3,(H2,11,12,14). The number of rotatable bonds is 8. The van der Waals surface area contributed by atoms with E-state index in [9.17, 15) is 9.90 Å². The van der Waals surface area contributed by atoms with E-state index in [-0.39, 0.29) is 6.03 Å². The Morgan fingerprint density at radius 1 is 1.40 bits per heavy atom. The molecular weight excluding hydrogens is 196 g/mol. The van der Waals surface area contributed by atoms with Crippen molar-refractivity contribution in [3.05, 3.63) is 0 Å². The van der Waals surface area contributed by atoms with Crippen molar-refractivity contribution in [2.75, 3.05) is 26.8 Å². The number of nitrogens with one attached hydrogen (secondary N) is 2. The summed E-state index contributed by atoms with van der Waals surface area (Å²) in [7, 11) is 1.54. The van der Waals surface area contributed by atoms with Gasteiger partial charge in [0.2, 0.25) is 0 Å². The molecule has 0 bridgehead atoms. The first kappa shape index (κ1) is 14.2. The van der Waals surface area contributed by atoms with Crippen LogP contribution in [-0.2, 0) is 4.74 Å². The molecule has 0 radical (unpaired) electrons. The van der Waals surface area contributed by atoms with Crippen LogP contribution in [0.3, 0.4) is 0 Å². The van der Waals surface area contributed by atoms with Crippen molar-refractivity contribution in [2.45, 2.75) is 32.3 Å². The molecule has 0 aliphatic heterocycles. The van der Waals surface area contributed by atoms with Crippen LogP contribution in [0.5, 0.6) is 0 Å². The molecule has 0 saturated carbocycles. The van der Waals surface area contributed by atoms with Crippen molar-refractivity contribution in [3.63, 3.8) is 0 Å². The van der Waals surface area contributed by atoms with Crippen LogP contribution in [0.4, 0.5) is 4.79 Å². The van der Waals surface area contributed by atoms with Gasteiger partial charge in [0.15, 0.2) is 0 Å². The van der Waals surface area contributed by atoms with Crippen LogP contribution >= 0.6 is 0 Å². The molecule has 0 aromatic carbocycles. The molecule has 1 atom stereocenters. The molecule has 1 unspecified atom stereocenters. The van der Waals surface area contributed by atoms with Crippen molar-refractivity contribution in [3.8, 4) is 0 Å². The maximum atomic E-state index is 11.1. The van der Waals surface area contributed by atoms with Gasteiger partial charge < -0.3 is 20.5 Å². The molecule has 0 aromatic rings. The fraction of sp³-hybridized carbons (Fsp3) is 0.900. The van der Waals surface area contributed by atoms with Gasteiger partial charge in [-0.1, -0.05) is 13.3 Å². The summed E-state index contributed by atoms with van der Waals surface area (Å²) in [6.45, 7) is 3.53. The average Bonchev–Trinajstić information content (AvgIpc) is 2.18. The van der Waals surface area contributed by atoms with Crippen molar-refractivity contribution in [2.24, 2.45) is 0 Å². The van der Waals surface area contributed by atoms with E-state index in [4.69, 9.17) is 4.74 Å². The second-order valence-corrected chi connectivity index (χ2v) is 3.43. The number of ether oxygens (including phenoxy) is 1. The molecule has 90 valence electrons. The summed E-state index contributed by atoms with van der Waals surface area (Å²) in [6.07, 6.45) is 2.05. The summed E-state index contributed by atoms with van der Waals surface area (Å²) < 4.78 is 4.76. The number of urea groups is 1.